The highest BCUT2D eigenvalue weighted by atomic mass is 33.1. The van der Waals surface area contributed by atoms with E-state index >= 15 is 0 Å². The first-order valence-electron chi connectivity index (χ1n) is 11.4. The van der Waals surface area contributed by atoms with Gasteiger partial charge in [0.2, 0.25) is 0 Å². The first-order valence-corrected chi connectivity index (χ1v) is 18.8. The largest absolute Gasteiger partial charge is 0.351 e. The minimum Gasteiger partial charge on any atom is -0.351 e. The average Bonchev–Trinajstić information content (AvgIpc) is 2.89. The van der Waals surface area contributed by atoms with Crippen molar-refractivity contribution in [2.75, 3.05) is 73.8 Å². The molecule has 1 rings (SSSR count). The molecular formula is C21H36N6O3S6. The minimum absolute atomic E-state index is 0.271. The lowest BCUT2D eigenvalue weighted by atomic mass is 10.0. The highest BCUT2D eigenvalue weighted by Gasteiger charge is 2.16. The maximum atomic E-state index is 12.8. The van der Waals surface area contributed by atoms with Gasteiger partial charge in [-0.15, -0.1) is 0 Å². The molecule has 0 heterocycles. The SMILES string of the molecule is NCCSSCCNC(=O)c1cc(C(=O)NCCSSCCN)cc(C(=O)NCCSSCCN)c1. The van der Waals surface area contributed by atoms with Crippen molar-refractivity contribution in [1.29, 1.82) is 0 Å². The van der Waals surface area contributed by atoms with Gasteiger partial charge in [0.1, 0.15) is 0 Å². The van der Waals surface area contributed by atoms with E-state index in [1.165, 1.54) is 18.2 Å². The monoisotopic (exact) mass is 612 g/mol. The average molecular weight is 613 g/mol. The summed E-state index contributed by atoms with van der Waals surface area (Å²) in [4.78, 5) is 38.3. The van der Waals surface area contributed by atoms with Crippen LogP contribution in [0.3, 0.4) is 0 Å². The summed E-state index contributed by atoms with van der Waals surface area (Å²) >= 11 is 0. The predicted molar refractivity (Wildman–Crippen MR) is 165 cm³/mol. The Labute approximate surface area is 237 Å². The van der Waals surface area contributed by atoms with Gasteiger partial charge in [-0.25, -0.2) is 0 Å². The summed E-state index contributed by atoms with van der Waals surface area (Å²) in [6.45, 7) is 3.23. The van der Waals surface area contributed by atoms with Crippen molar-refractivity contribution in [3.63, 3.8) is 0 Å². The second kappa shape index (κ2) is 22.6. The number of nitrogens with one attached hydrogen (secondary N) is 3. The van der Waals surface area contributed by atoms with Crippen LogP contribution in [-0.2, 0) is 0 Å². The maximum Gasteiger partial charge on any atom is 0.251 e. The van der Waals surface area contributed by atoms with Crippen molar-refractivity contribution in [1.82, 2.24) is 16.0 Å². The molecule has 0 unspecified atom stereocenters. The Kier molecular flexibility index (Phi) is 21.1. The highest BCUT2D eigenvalue weighted by Crippen LogP contribution is 2.20. The van der Waals surface area contributed by atoms with Gasteiger partial charge < -0.3 is 33.2 Å². The van der Waals surface area contributed by atoms with Gasteiger partial charge in [-0.05, 0) is 18.2 Å². The molecule has 0 aliphatic heterocycles. The van der Waals surface area contributed by atoms with Gasteiger partial charge in [-0.2, -0.15) is 0 Å². The van der Waals surface area contributed by atoms with E-state index < -0.39 is 0 Å². The van der Waals surface area contributed by atoms with Crippen LogP contribution in [0.2, 0.25) is 0 Å². The molecule has 9 nitrogen and oxygen atoms in total. The molecule has 9 N–H and O–H groups in total. The Morgan fingerprint density at radius 1 is 0.500 bits per heavy atom. The molecule has 0 atom stereocenters. The van der Waals surface area contributed by atoms with E-state index in [-0.39, 0.29) is 34.4 Å². The zero-order chi connectivity index (χ0) is 26.4. The molecule has 0 aromatic heterocycles. The predicted octanol–water partition coefficient (Wildman–Crippen LogP) is 1.90. The molecule has 3 amide bonds. The molecular weight excluding hydrogens is 577 g/mol. The van der Waals surface area contributed by atoms with Crippen molar-refractivity contribution in [2.24, 2.45) is 17.2 Å². The van der Waals surface area contributed by atoms with E-state index in [1.807, 2.05) is 0 Å². The van der Waals surface area contributed by atoms with Crippen LogP contribution in [0.15, 0.2) is 18.2 Å². The summed E-state index contributed by atoms with van der Waals surface area (Å²) in [5.74, 6) is 3.74. The smallest absolute Gasteiger partial charge is 0.251 e. The van der Waals surface area contributed by atoms with Crippen LogP contribution in [0.1, 0.15) is 31.1 Å². The van der Waals surface area contributed by atoms with Crippen molar-refractivity contribution < 1.29 is 14.4 Å². The van der Waals surface area contributed by atoms with Crippen LogP contribution in [-0.4, -0.2) is 91.5 Å². The van der Waals surface area contributed by atoms with Crippen LogP contribution >= 0.6 is 64.8 Å². The Hall–Kier alpha value is -0.390. The van der Waals surface area contributed by atoms with Gasteiger partial charge in [0.15, 0.2) is 0 Å². The first-order chi connectivity index (χ1) is 17.5. The van der Waals surface area contributed by atoms with E-state index in [2.05, 4.69) is 16.0 Å². The summed E-state index contributed by atoms with van der Waals surface area (Å²) in [6.07, 6.45) is 0. The lowest BCUT2D eigenvalue weighted by molar-refractivity contribution is 0.0955. The van der Waals surface area contributed by atoms with Gasteiger partial charge in [0, 0.05) is 90.5 Å². The summed E-state index contributed by atoms with van der Waals surface area (Å²) in [5, 5.41) is 8.55. The Balaban J connectivity index is 2.78. The van der Waals surface area contributed by atoms with Crippen molar-refractivity contribution in [2.45, 2.75) is 0 Å². The molecule has 36 heavy (non-hydrogen) atoms. The number of benzene rings is 1. The molecule has 1 aromatic rings. The van der Waals surface area contributed by atoms with Crippen LogP contribution in [0, 0.1) is 0 Å². The number of hydrogen-bond acceptors (Lipinski definition) is 12. The Bertz CT molecular complexity index is 680. The van der Waals surface area contributed by atoms with Crippen LogP contribution < -0.4 is 33.2 Å². The van der Waals surface area contributed by atoms with Crippen LogP contribution in [0.25, 0.3) is 0 Å². The normalized spacial score (nSPS) is 10.8. The second-order valence-corrected chi connectivity index (χ2v) is 15.0. The van der Waals surface area contributed by atoms with Gasteiger partial charge in [0.25, 0.3) is 17.7 Å². The zero-order valence-electron chi connectivity index (χ0n) is 20.1. The van der Waals surface area contributed by atoms with Crippen molar-refractivity contribution >= 4 is 82.5 Å². The second-order valence-electron chi connectivity index (χ2n) is 6.86. The summed E-state index contributed by atoms with van der Waals surface area (Å²) in [5.41, 5.74) is 17.2. The number of nitrogens with two attached hydrogens (primary N) is 3. The fourth-order valence-electron chi connectivity index (χ4n) is 2.44. The molecule has 0 bridgehead atoms. The number of amides is 3. The van der Waals surface area contributed by atoms with Gasteiger partial charge in [-0.3, -0.25) is 14.4 Å². The molecule has 1 aromatic carbocycles. The van der Waals surface area contributed by atoms with E-state index in [9.17, 15) is 14.4 Å². The standard InChI is InChI=1S/C21H36N6O3S6/c22-1-7-31-34-10-4-25-19(28)16-13-17(20(29)26-5-11-35-32-8-2-23)15-18(14-16)21(30)27-6-12-36-33-9-3-24/h13-15H,1-12,22-24H2,(H,25,28)(H,26,29)(H,27,30). The Morgan fingerprint density at radius 2 is 0.750 bits per heavy atom. The van der Waals surface area contributed by atoms with E-state index in [4.69, 9.17) is 17.2 Å². The molecule has 15 heteroatoms. The molecule has 0 aliphatic rings. The van der Waals surface area contributed by atoms with Gasteiger partial charge in [-0.1, -0.05) is 64.8 Å². The third-order valence-corrected chi connectivity index (χ3v) is 11.3. The fraction of sp³-hybridized carbons (Fsp3) is 0.571. The number of carbonyl (C=O) groups excluding carboxylic acids is 3. The third-order valence-electron chi connectivity index (χ3n) is 3.99. The molecule has 0 saturated heterocycles. The van der Waals surface area contributed by atoms with E-state index in [0.717, 1.165) is 34.5 Å². The first kappa shape index (κ1) is 33.6. The summed E-state index contributed by atoms with van der Waals surface area (Å²) < 4.78 is 0. The van der Waals surface area contributed by atoms with Crippen LogP contribution in [0.4, 0.5) is 0 Å². The lowest BCUT2D eigenvalue weighted by Gasteiger charge is -2.11. The zero-order valence-corrected chi connectivity index (χ0v) is 25.0. The molecule has 0 fully saturated rings. The molecule has 0 radical (unpaired) electrons. The number of carbonyl (C=O) groups is 3. The van der Waals surface area contributed by atoms with Gasteiger partial charge >= 0.3 is 0 Å². The quantitative estimate of drug-likeness (QED) is 0.0883. The minimum atomic E-state index is -0.328. The number of hydrogen-bond donors (Lipinski definition) is 6. The number of rotatable bonds is 21. The third kappa shape index (κ3) is 15.8. The molecule has 0 spiro atoms. The Morgan fingerprint density at radius 3 is 1.00 bits per heavy atom. The summed E-state index contributed by atoms with van der Waals surface area (Å²) in [6, 6.07) is 4.56. The molecule has 0 aliphatic carbocycles. The maximum absolute atomic E-state index is 12.8. The topological polar surface area (TPSA) is 165 Å². The summed E-state index contributed by atoms with van der Waals surface area (Å²) in [7, 11) is 9.88. The van der Waals surface area contributed by atoms with Crippen molar-refractivity contribution in [3.8, 4) is 0 Å². The van der Waals surface area contributed by atoms with E-state index in [1.54, 1.807) is 64.8 Å². The van der Waals surface area contributed by atoms with Gasteiger partial charge in [0.05, 0.1) is 0 Å². The van der Waals surface area contributed by atoms with Crippen LogP contribution in [0.5, 0.6) is 0 Å². The highest BCUT2D eigenvalue weighted by molar-refractivity contribution is 8.77. The lowest BCUT2D eigenvalue weighted by Crippen LogP contribution is -2.30. The molecule has 204 valence electrons. The molecule has 0 saturated carbocycles. The van der Waals surface area contributed by atoms with E-state index in [0.29, 0.717) is 39.3 Å². The fourth-order valence-corrected chi connectivity index (χ4v) is 7.73. The van der Waals surface area contributed by atoms with Crippen molar-refractivity contribution in [3.05, 3.63) is 34.9 Å².